The van der Waals surface area contributed by atoms with Crippen LogP contribution in [-0.4, -0.2) is 21.6 Å². The van der Waals surface area contributed by atoms with E-state index in [-0.39, 0.29) is 10.9 Å². The first kappa shape index (κ1) is 20.4. The maximum atomic E-state index is 13.3. The minimum atomic E-state index is -3.74. The van der Waals surface area contributed by atoms with Crippen LogP contribution in [0.1, 0.15) is 19.4 Å². The number of methoxy groups -OCH3 is 1. The first-order valence-corrected chi connectivity index (χ1v) is 11.4. The van der Waals surface area contributed by atoms with E-state index in [0.717, 1.165) is 32.7 Å². The van der Waals surface area contributed by atoms with Crippen molar-refractivity contribution < 1.29 is 13.2 Å². The Balaban J connectivity index is 2.19. The molecule has 0 bridgehead atoms. The van der Waals surface area contributed by atoms with Crippen molar-refractivity contribution in [2.24, 2.45) is 0 Å². The molecule has 0 saturated heterocycles. The van der Waals surface area contributed by atoms with Crippen LogP contribution in [-0.2, 0) is 10.0 Å². The molecule has 154 valence electrons. The largest absolute Gasteiger partial charge is 0.496 e. The highest BCUT2D eigenvalue weighted by atomic mass is 32.2. The second kappa shape index (κ2) is 7.74. The lowest BCUT2D eigenvalue weighted by Gasteiger charge is -2.19. The Kier molecular flexibility index (Phi) is 5.26. The Bertz CT molecular complexity index is 1360. The van der Waals surface area contributed by atoms with E-state index in [4.69, 9.17) is 4.74 Å². The monoisotopic (exact) mass is 419 g/mol. The molecule has 4 aromatic rings. The van der Waals surface area contributed by atoms with Gasteiger partial charge in [0.2, 0.25) is 10.0 Å². The molecule has 0 heterocycles. The van der Waals surface area contributed by atoms with Crippen molar-refractivity contribution in [2.75, 3.05) is 7.11 Å². The van der Waals surface area contributed by atoms with Gasteiger partial charge in [0.15, 0.2) is 0 Å². The molecule has 0 atom stereocenters. The van der Waals surface area contributed by atoms with Crippen LogP contribution in [0.5, 0.6) is 5.75 Å². The summed E-state index contributed by atoms with van der Waals surface area (Å²) in [7, 11) is -2.12. The SMILES string of the molecule is COc1ccc2cc(C)ccc2c1-c1c(S(=O)(=O)NC(C)C)ccc2ccccc12. The van der Waals surface area contributed by atoms with E-state index in [1.165, 1.54) is 0 Å². The van der Waals surface area contributed by atoms with E-state index in [1.54, 1.807) is 13.2 Å². The molecule has 4 aromatic carbocycles. The average Bonchev–Trinajstić information content (AvgIpc) is 2.71. The third-order valence-electron chi connectivity index (χ3n) is 5.18. The zero-order valence-corrected chi connectivity index (χ0v) is 18.4. The fourth-order valence-corrected chi connectivity index (χ4v) is 5.44. The molecule has 0 aromatic heterocycles. The second-order valence-corrected chi connectivity index (χ2v) is 9.49. The van der Waals surface area contributed by atoms with Crippen LogP contribution in [0.25, 0.3) is 32.7 Å². The fourth-order valence-electron chi connectivity index (χ4n) is 3.96. The van der Waals surface area contributed by atoms with E-state index in [0.29, 0.717) is 11.3 Å². The number of aryl methyl sites for hydroxylation is 1. The molecular weight excluding hydrogens is 394 g/mol. The standard InChI is InChI=1S/C25H25NO3S/c1-16(2)26-30(27,28)23-14-11-18-7-5-6-8-20(18)25(23)24-21-12-9-17(3)15-19(21)10-13-22(24)29-4/h5-16,26H,1-4H3. The van der Waals surface area contributed by atoms with Gasteiger partial charge in [0, 0.05) is 17.2 Å². The first-order chi connectivity index (χ1) is 14.3. The summed E-state index contributed by atoms with van der Waals surface area (Å²) >= 11 is 0. The predicted octanol–water partition coefficient (Wildman–Crippen LogP) is 5.66. The van der Waals surface area contributed by atoms with Gasteiger partial charge in [-0.05, 0) is 54.4 Å². The summed E-state index contributed by atoms with van der Waals surface area (Å²) in [4.78, 5) is 0.251. The molecule has 0 aliphatic rings. The van der Waals surface area contributed by atoms with Gasteiger partial charge in [-0.15, -0.1) is 0 Å². The number of fused-ring (bicyclic) bond motifs is 2. The van der Waals surface area contributed by atoms with E-state index in [2.05, 4.69) is 10.8 Å². The molecule has 0 amide bonds. The van der Waals surface area contributed by atoms with Crippen molar-refractivity contribution in [2.45, 2.75) is 31.7 Å². The van der Waals surface area contributed by atoms with Crippen LogP contribution in [0.15, 0.2) is 71.6 Å². The van der Waals surface area contributed by atoms with Crippen molar-refractivity contribution in [3.8, 4) is 16.9 Å². The lowest BCUT2D eigenvalue weighted by Crippen LogP contribution is -2.30. The van der Waals surface area contributed by atoms with Gasteiger partial charge < -0.3 is 4.74 Å². The van der Waals surface area contributed by atoms with Gasteiger partial charge in [-0.3, -0.25) is 0 Å². The Morgan fingerprint density at radius 1 is 0.833 bits per heavy atom. The number of nitrogens with one attached hydrogen (secondary N) is 1. The Morgan fingerprint density at radius 3 is 2.27 bits per heavy atom. The molecule has 4 nitrogen and oxygen atoms in total. The van der Waals surface area contributed by atoms with Crippen LogP contribution in [0.3, 0.4) is 0 Å². The molecule has 0 aliphatic carbocycles. The summed E-state index contributed by atoms with van der Waals surface area (Å²) in [6.45, 7) is 5.68. The van der Waals surface area contributed by atoms with Crippen LogP contribution in [0.2, 0.25) is 0 Å². The molecular formula is C25H25NO3S. The summed E-state index contributed by atoms with van der Waals surface area (Å²) < 4.78 is 35.1. The number of rotatable bonds is 5. The van der Waals surface area contributed by atoms with E-state index in [9.17, 15) is 8.42 Å². The third kappa shape index (κ3) is 3.55. The predicted molar refractivity (Wildman–Crippen MR) is 124 cm³/mol. The molecule has 30 heavy (non-hydrogen) atoms. The average molecular weight is 420 g/mol. The van der Waals surface area contributed by atoms with Gasteiger partial charge >= 0.3 is 0 Å². The minimum absolute atomic E-state index is 0.216. The van der Waals surface area contributed by atoms with E-state index >= 15 is 0 Å². The summed E-state index contributed by atoms with van der Waals surface area (Å²) in [5.74, 6) is 0.642. The maximum absolute atomic E-state index is 13.3. The number of hydrogen-bond donors (Lipinski definition) is 1. The molecule has 1 N–H and O–H groups in total. The van der Waals surface area contributed by atoms with E-state index < -0.39 is 10.0 Å². The normalized spacial score (nSPS) is 12.0. The zero-order chi connectivity index (χ0) is 21.5. The molecule has 5 heteroatoms. The van der Waals surface area contributed by atoms with Crippen molar-refractivity contribution in [3.05, 3.63) is 72.3 Å². The van der Waals surface area contributed by atoms with Crippen LogP contribution in [0, 0.1) is 6.92 Å². The Hall–Kier alpha value is -2.89. The van der Waals surface area contributed by atoms with Crippen LogP contribution >= 0.6 is 0 Å². The lowest BCUT2D eigenvalue weighted by molar-refractivity contribution is 0.417. The number of hydrogen-bond acceptors (Lipinski definition) is 3. The number of sulfonamides is 1. The summed E-state index contributed by atoms with van der Waals surface area (Å²) in [5.41, 5.74) is 2.59. The Morgan fingerprint density at radius 2 is 1.53 bits per heavy atom. The van der Waals surface area contributed by atoms with Gasteiger partial charge in [-0.1, -0.05) is 60.2 Å². The Labute approximate surface area is 177 Å². The molecule has 0 fully saturated rings. The lowest BCUT2D eigenvalue weighted by atomic mass is 9.92. The zero-order valence-electron chi connectivity index (χ0n) is 17.6. The molecule has 0 spiro atoms. The highest BCUT2D eigenvalue weighted by molar-refractivity contribution is 7.89. The highest BCUT2D eigenvalue weighted by Gasteiger charge is 2.25. The van der Waals surface area contributed by atoms with Gasteiger partial charge in [-0.25, -0.2) is 13.1 Å². The summed E-state index contributed by atoms with van der Waals surface area (Å²) in [6, 6.07) is 21.3. The van der Waals surface area contributed by atoms with Crippen molar-refractivity contribution >= 4 is 31.6 Å². The minimum Gasteiger partial charge on any atom is -0.496 e. The number of benzene rings is 4. The van der Waals surface area contributed by atoms with Crippen molar-refractivity contribution in [3.63, 3.8) is 0 Å². The smallest absolute Gasteiger partial charge is 0.241 e. The quantitative estimate of drug-likeness (QED) is 0.454. The maximum Gasteiger partial charge on any atom is 0.241 e. The van der Waals surface area contributed by atoms with Gasteiger partial charge in [0.25, 0.3) is 0 Å². The first-order valence-electron chi connectivity index (χ1n) is 9.93. The summed E-state index contributed by atoms with van der Waals surface area (Å²) in [6.07, 6.45) is 0. The van der Waals surface area contributed by atoms with Crippen molar-refractivity contribution in [1.82, 2.24) is 4.72 Å². The molecule has 4 rings (SSSR count). The van der Waals surface area contributed by atoms with Gasteiger partial charge in [0.1, 0.15) is 5.75 Å². The van der Waals surface area contributed by atoms with E-state index in [1.807, 2.05) is 75.4 Å². The molecule has 0 unspecified atom stereocenters. The molecule has 0 aliphatic heterocycles. The second-order valence-electron chi connectivity index (χ2n) is 7.80. The number of ether oxygens (including phenoxy) is 1. The fraction of sp³-hybridized carbons (Fsp3) is 0.200. The topological polar surface area (TPSA) is 55.4 Å². The van der Waals surface area contributed by atoms with Gasteiger partial charge in [0.05, 0.1) is 12.0 Å². The van der Waals surface area contributed by atoms with Gasteiger partial charge in [-0.2, -0.15) is 0 Å². The third-order valence-corrected chi connectivity index (χ3v) is 6.88. The molecule has 0 radical (unpaired) electrons. The van der Waals surface area contributed by atoms with Crippen LogP contribution in [0.4, 0.5) is 0 Å². The van der Waals surface area contributed by atoms with Crippen molar-refractivity contribution in [1.29, 1.82) is 0 Å². The van der Waals surface area contributed by atoms with Crippen LogP contribution < -0.4 is 9.46 Å². The summed E-state index contributed by atoms with van der Waals surface area (Å²) in [5, 5.41) is 3.84. The molecule has 0 saturated carbocycles. The highest BCUT2D eigenvalue weighted by Crippen LogP contribution is 2.43.